The van der Waals surface area contributed by atoms with Gasteiger partial charge in [0.25, 0.3) is 0 Å². The molecular formula is C18H24N2S. The van der Waals surface area contributed by atoms with E-state index in [1.54, 1.807) is 0 Å². The van der Waals surface area contributed by atoms with Gasteiger partial charge in [-0.05, 0) is 57.2 Å². The van der Waals surface area contributed by atoms with Gasteiger partial charge in [-0.2, -0.15) is 0 Å². The van der Waals surface area contributed by atoms with Crippen LogP contribution in [-0.4, -0.2) is 11.5 Å². The number of hydrogen-bond donors (Lipinski definition) is 1. The summed E-state index contributed by atoms with van der Waals surface area (Å²) in [7, 11) is 0. The van der Waals surface area contributed by atoms with Crippen LogP contribution in [0.1, 0.15) is 58.1 Å². The molecule has 0 saturated heterocycles. The molecule has 2 nitrogen and oxygen atoms in total. The fourth-order valence-electron chi connectivity index (χ4n) is 3.10. The van der Waals surface area contributed by atoms with Crippen molar-refractivity contribution in [2.45, 2.75) is 52.5 Å². The molecule has 0 bridgehead atoms. The maximum absolute atomic E-state index is 4.97. The molecule has 1 aromatic heterocycles. The second-order valence-corrected chi connectivity index (χ2v) is 7.10. The van der Waals surface area contributed by atoms with Crippen molar-refractivity contribution in [3.05, 3.63) is 50.5 Å². The summed E-state index contributed by atoms with van der Waals surface area (Å²) in [6, 6.07) is 6.96. The number of nitrogens with one attached hydrogen (secondary N) is 1. The SMILES string of the molecule is CCNC(c1nc2c(s1)CCCC2)c1cc(C)ccc1C. The maximum atomic E-state index is 4.97. The first-order chi connectivity index (χ1) is 10.2. The summed E-state index contributed by atoms with van der Waals surface area (Å²) in [6.45, 7) is 7.50. The van der Waals surface area contributed by atoms with Gasteiger partial charge in [0.15, 0.2) is 0 Å². The summed E-state index contributed by atoms with van der Waals surface area (Å²) in [4.78, 5) is 6.49. The number of fused-ring (bicyclic) bond motifs is 1. The van der Waals surface area contributed by atoms with Crippen LogP contribution in [0, 0.1) is 13.8 Å². The van der Waals surface area contributed by atoms with Crippen molar-refractivity contribution in [1.82, 2.24) is 10.3 Å². The molecule has 1 atom stereocenters. The number of hydrogen-bond acceptors (Lipinski definition) is 3. The second kappa shape index (κ2) is 6.29. The molecule has 0 aliphatic heterocycles. The van der Waals surface area contributed by atoms with Crippen molar-refractivity contribution < 1.29 is 0 Å². The molecule has 0 spiro atoms. The lowest BCUT2D eigenvalue weighted by molar-refractivity contribution is 0.618. The van der Waals surface area contributed by atoms with Gasteiger partial charge in [-0.3, -0.25) is 0 Å². The van der Waals surface area contributed by atoms with Crippen LogP contribution in [0.2, 0.25) is 0 Å². The van der Waals surface area contributed by atoms with Gasteiger partial charge >= 0.3 is 0 Å². The Kier molecular flexibility index (Phi) is 4.41. The molecule has 1 unspecified atom stereocenters. The van der Waals surface area contributed by atoms with E-state index in [1.807, 2.05) is 11.3 Å². The predicted octanol–water partition coefficient (Wildman–Crippen LogP) is 4.34. The van der Waals surface area contributed by atoms with E-state index < -0.39 is 0 Å². The quantitative estimate of drug-likeness (QED) is 0.908. The van der Waals surface area contributed by atoms with Crippen molar-refractivity contribution in [2.75, 3.05) is 6.54 Å². The van der Waals surface area contributed by atoms with Crippen molar-refractivity contribution in [1.29, 1.82) is 0 Å². The molecule has 3 heteroatoms. The first kappa shape index (κ1) is 14.7. The van der Waals surface area contributed by atoms with Gasteiger partial charge in [0.05, 0.1) is 11.7 Å². The standard InChI is InChI=1S/C18H24N2S/c1-4-19-17(14-11-12(2)9-10-13(14)3)18-20-15-7-5-6-8-16(15)21-18/h9-11,17,19H,4-8H2,1-3H3. The molecule has 1 N–H and O–H groups in total. The molecule has 1 aliphatic carbocycles. The van der Waals surface area contributed by atoms with E-state index in [-0.39, 0.29) is 6.04 Å². The fourth-order valence-corrected chi connectivity index (χ4v) is 4.35. The molecule has 2 aromatic rings. The highest BCUT2D eigenvalue weighted by Crippen LogP contribution is 2.33. The first-order valence-corrected chi connectivity index (χ1v) is 8.79. The molecule has 1 heterocycles. The largest absolute Gasteiger partial charge is 0.305 e. The average Bonchev–Trinajstić information content (AvgIpc) is 2.91. The highest BCUT2D eigenvalue weighted by molar-refractivity contribution is 7.11. The lowest BCUT2D eigenvalue weighted by Crippen LogP contribution is -2.22. The fraction of sp³-hybridized carbons (Fsp3) is 0.500. The van der Waals surface area contributed by atoms with Crippen LogP contribution < -0.4 is 5.32 Å². The molecule has 3 rings (SSSR count). The van der Waals surface area contributed by atoms with Gasteiger partial charge in [0.1, 0.15) is 5.01 Å². The molecular weight excluding hydrogens is 276 g/mol. The summed E-state index contributed by atoms with van der Waals surface area (Å²) in [5.74, 6) is 0. The van der Waals surface area contributed by atoms with Crippen LogP contribution in [-0.2, 0) is 12.8 Å². The summed E-state index contributed by atoms with van der Waals surface area (Å²) in [5, 5.41) is 4.89. The highest BCUT2D eigenvalue weighted by Gasteiger charge is 2.22. The number of nitrogens with zero attached hydrogens (tertiary/aromatic N) is 1. The molecule has 0 amide bonds. The van der Waals surface area contributed by atoms with Crippen LogP contribution in [0.4, 0.5) is 0 Å². The van der Waals surface area contributed by atoms with Crippen molar-refractivity contribution in [2.24, 2.45) is 0 Å². The number of thiazole rings is 1. The van der Waals surface area contributed by atoms with Gasteiger partial charge < -0.3 is 5.32 Å². The monoisotopic (exact) mass is 300 g/mol. The Hall–Kier alpha value is -1.19. The third-order valence-electron chi connectivity index (χ3n) is 4.26. The summed E-state index contributed by atoms with van der Waals surface area (Å²) >= 11 is 1.92. The van der Waals surface area contributed by atoms with E-state index in [0.29, 0.717) is 0 Å². The van der Waals surface area contributed by atoms with E-state index in [2.05, 4.69) is 44.3 Å². The van der Waals surface area contributed by atoms with Crippen LogP contribution in [0.15, 0.2) is 18.2 Å². The molecule has 0 fully saturated rings. The Labute approximate surface area is 131 Å². The molecule has 112 valence electrons. The van der Waals surface area contributed by atoms with Crippen LogP contribution in [0.25, 0.3) is 0 Å². The van der Waals surface area contributed by atoms with Crippen LogP contribution >= 0.6 is 11.3 Å². The zero-order valence-corrected chi connectivity index (χ0v) is 14.0. The van der Waals surface area contributed by atoms with Crippen LogP contribution in [0.5, 0.6) is 0 Å². The lowest BCUT2D eigenvalue weighted by Gasteiger charge is -2.19. The molecule has 1 aliphatic rings. The minimum atomic E-state index is 0.241. The normalized spacial score (nSPS) is 15.8. The number of benzene rings is 1. The van der Waals surface area contributed by atoms with Crippen molar-refractivity contribution >= 4 is 11.3 Å². The summed E-state index contributed by atoms with van der Waals surface area (Å²) in [5.41, 5.74) is 5.40. The third-order valence-corrected chi connectivity index (χ3v) is 5.49. The summed E-state index contributed by atoms with van der Waals surface area (Å²) < 4.78 is 0. The first-order valence-electron chi connectivity index (χ1n) is 7.98. The zero-order chi connectivity index (χ0) is 14.8. The third kappa shape index (κ3) is 3.04. The van der Waals surface area contributed by atoms with E-state index in [9.17, 15) is 0 Å². The maximum Gasteiger partial charge on any atom is 0.115 e. The van der Waals surface area contributed by atoms with E-state index >= 15 is 0 Å². The number of aromatic nitrogens is 1. The Balaban J connectivity index is 2.01. The molecule has 1 aromatic carbocycles. The highest BCUT2D eigenvalue weighted by atomic mass is 32.1. The van der Waals surface area contributed by atoms with E-state index in [0.717, 1.165) is 13.0 Å². The Morgan fingerprint density at radius 1 is 1.24 bits per heavy atom. The molecule has 21 heavy (non-hydrogen) atoms. The predicted molar refractivity (Wildman–Crippen MR) is 90.2 cm³/mol. The average molecular weight is 300 g/mol. The van der Waals surface area contributed by atoms with Gasteiger partial charge in [-0.15, -0.1) is 11.3 Å². The van der Waals surface area contributed by atoms with Crippen LogP contribution in [0.3, 0.4) is 0 Å². The van der Waals surface area contributed by atoms with Gasteiger partial charge in [0, 0.05) is 4.88 Å². The van der Waals surface area contributed by atoms with Gasteiger partial charge in [0.2, 0.25) is 0 Å². The Morgan fingerprint density at radius 3 is 2.81 bits per heavy atom. The zero-order valence-electron chi connectivity index (χ0n) is 13.2. The smallest absolute Gasteiger partial charge is 0.115 e. The number of aryl methyl sites for hydroxylation is 4. The van der Waals surface area contributed by atoms with Gasteiger partial charge in [-0.25, -0.2) is 4.98 Å². The molecule has 0 radical (unpaired) electrons. The van der Waals surface area contributed by atoms with Gasteiger partial charge in [-0.1, -0.05) is 30.7 Å². The number of rotatable bonds is 4. The lowest BCUT2D eigenvalue weighted by atomic mass is 9.99. The minimum Gasteiger partial charge on any atom is -0.305 e. The second-order valence-electron chi connectivity index (χ2n) is 5.98. The minimum absolute atomic E-state index is 0.241. The van der Waals surface area contributed by atoms with Crippen molar-refractivity contribution in [3.63, 3.8) is 0 Å². The van der Waals surface area contributed by atoms with E-state index in [4.69, 9.17) is 4.98 Å². The Bertz CT molecular complexity index is 607. The molecule has 0 saturated carbocycles. The van der Waals surface area contributed by atoms with E-state index in [1.165, 1.54) is 51.5 Å². The Morgan fingerprint density at radius 2 is 2.05 bits per heavy atom. The topological polar surface area (TPSA) is 24.9 Å². The summed E-state index contributed by atoms with van der Waals surface area (Å²) in [6.07, 6.45) is 5.01. The van der Waals surface area contributed by atoms with Crippen molar-refractivity contribution in [3.8, 4) is 0 Å².